The molecule has 0 bridgehead atoms. The van der Waals surface area contributed by atoms with E-state index in [1.54, 1.807) is 25.1 Å². The molecule has 190 valence electrons. The Hall–Kier alpha value is -4.54. The van der Waals surface area contributed by atoms with Crippen LogP contribution in [0.5, 0.6) is 11.5 Å². The Morgan fingerprint density at radius 2 is 1.92 bits per heavy atom. The van der Waals surface area contributed by atoms with Crippen molar-refractivity contribution in [1.29, 1.82) is 0 Å². The molecule has 0 spiro atoms. The van der Waals surface area contributed by atoms with Crippen LogP contribution in [0.25, 0.3) is 6.08 Å². The lowest BCUT2D eigenvalue weighted by molar-refractivity contribution is -0.143. The van der Waals surface area contributed by atoms with Gasteiger partial charge in [-0.3, -0.25) is 9.69 Å². The molecule has 11 nitrogen and oxygen atoms in total. The van der Waals surface area contributed by atoms with Gasteiger partial charge in [0, 0.05) is 5.56 Å². The van der Waals surface area contributed by atoms with Gasteiger partial charge in [0.15, 0.2) is 18.1 Å². The fourth-order valence-electron chi connectivity index (χ4n) is 3.40. The van der Waals surface area contributed by atoms with Crippen LogP contribution in [0.3, 0.4) is 0 Å². The number of allylic oxidation sites excluding steroid dienone is 1. The number of rotatable bonds is 11. The molecular weight excluding hydrogens is 472 g/mol. The van der Waals surface area contributed by atoms with Gasteiger partial charge in [-0.2, -0.15) is 0 Å². The molecule has 11 heteroatoms. The molecular formula is C25H26N2O9. The van der Waals surface area contributed by atoms with Crippen LogP contribution < -0.4 is 14.8 Å². The number of hydrogen-bond acceptors (Lipinski definition) is 9. The molecule has 1 N–H and O–H groups in total. The van der Waals surface area contributed by atoms with Crippen LogP contribution >= 0.6 is 0 Å². The summed E-state index contributed by atoms with van der Waals surface area (Å²) >= 11 is 0. The first kappa shape index (κ1) is 26.1. The van der Waals surface area contributed by atoms with Crippen LogP contribution in [-0.2, 0) is 32.0 Å². The molecule has 0 unspecified atom stereocenters. The van der Waals surface area contributed by atoms with E-state index >= 15 is 0 Å². The number of nitrogens with one attached hydrogen (secondary N) is 1. The van der Waals surface area contributed by atoms with Crippen LogP contribution in [0, 0.1) is 0 Å². The molecule has 3 amide bonds. The number of carbonyl (C=O) groups is 4. The molecule has 2 heterocycles. The van der Waals surface area contributed by atoms with E-state index in [4.69, 9.17) is 13.9 Å². The van der Waals surface area contributed by atoms with E-state index in [-0.39, 0.29) is 30.4 Å². The molecule has 3 rings (SSSR count). The minimum atomic E-state index is -0.668. The lowest BCUT2D eigenvalue weighted by atomic mass is 10.0. The van der Waals surface area contributed by atoms with E-state index in [0.717, 1.165) is 4.90 Å². The van der Waals surface area contributed by atoms with Crippen molar-refractivity contribution in [2.45, 2.75) is 19.9 Å². The highest BCUT2D eigenvalue weighted by Crippen LogP contribution is 2.35. The monoisotopic (exact) mass is 498 g/mol. The van der Waals surface area contributed by atoms with E-state index in [9.17, 15) is 19.2 Å². The van der Waals surface area contributed by atoms with Crippen molar-refractivity contribution in [3.8, 4) is 11.5 Å². The van der Waals surface area contributed by atoms with Crippen molar-refractivity contribution >= 4 is 30.0 Å². The third kappa shape index (κ3) is 5.93. The smallest absolute Gasteiger partial charge is 0.373 e. The highest BCUT2D eigenvalue weighted by molar-refractivity contribution is 6.13. The molecule has 1 aliphatic heterocycles. The first-order valence-corrected chi connectivity index (χ1v) is 10.9. The second-order valence-corrected chi connectivity index (χ2v) is 7.43. The number of nitrogens with zero attached hydrogens (tertiary/aromatic N) is 1. The Kier molecular flexibility index (Phi) is 8.50. The number of esters is 2. The van der Waals surface area contributed by atoms with E-state index in [1.807, 2.05) is 0 Å². The maximum Gasteiger partial charge on any atom is 0.373 e. The van der Waals surface area contributed by atoms with Crippen LogP contribution in [0.4, 0.5) is 4.79 Å². The van der Waals surface area contributed by atoms with Crippen molar-refractivity contribution in [3.63, 3.8) is 0 Å². The second-order valence-electron chi connectivity index (χ2n) is 7.43. The topological polar surface area (TPSA) is 134 Å². The molecule has 0 aliphatic carbocycles. The number of methoxy groups -OCH3 is 2. The summed E-state index contributed by atoms with van der Waals surface area (Å²) in [6.07, 6.45) is 3.55. The zero-order valence-electron chi connectivity index (χ0n) is 20.1. The molecule has 1 aromatic carbocycles. The maximum absolute atomic E-state index is 12.9. The van der Waals surface area contributed by atoms with Gasteiger partial charge in [-0.1, -0.05) is 6.08 Å². The average Bonchev–Trinajstić information content (AvgIpc) is 3.43. The van der Waals surface area contributed by atoms with E-state index < -0.39 is 23.9 Å². The number of amides is 3. The van der Waals surface area contributed by atoms with E-state index in [0.29, 0.717) is 35.7 Å². The van der Waals surface area contributed by atoms with Gasteiger partial charge in [0.05, 0.1) is 27.4 Å². The van der Waals surface area contributed by atoms with Gasteiger partial charge in [-0.25, -0.2) is 14.4 Å². The Labute approximate surface area is 207 Å². The van der Waals surface area contributed by atoms with Gasteiger partial charge in [0.1, 0.15) is 11.5 Å². The minimum absolute atomic E-state index is 0.0370. The lowest BCUT2D eigenvalue weighted by Crippen LogP contribution is -2.30. The van der Waals surface area contributed by atoms with Gasteiger partial charge in [-0.05, 0) is 49.2 Å². The molecule has 0 saturated carbocycles. The summed E-state index contributed by atoms with van der Waals surface area (Å²) in [4.78, 5) is 49.5. The summed E-state index contributed by atoms with van der Waals surface area (Å²) < 4.78 is 25.9. The SMILES string of the molecule is C=CCc1cc(/C=C2\NC(=O)N(Cc3ccc(C(=O)OC)o3)C2=O)cc(OCC)c1OCC(=O)OC. The number of furan rings is 1. The molecule has 2 aromatic rings. The summed E-state index contributed by atoms with van der Waals surface area (Å²) in [5.41, 5.74) is 1.25. The molecule has 1 aliphatic rings. The predicted molar refractivity (Wildman–Crippen MR) is 126 cm³/mol. The third-order valence-electron chi connectivity index (χ3n) is 5.02. The number of imide groups is 1. The Bertz CT molecular complexity index is 1210. The normalized spacial score (nSPS) is 14.0. The molecule has 1 saturated heterocycles. The van der Waals surface area contributed by atoms with Gasteiger partial charge in [-0.15, -0.1) is 6.58 Å². The maximum atomic E-state index is 12.9. The van der Waals surface area contributed by atoms with Crippen molar-refractivity contribution < 1.29 is 42.5 Å². The summed E-state index contributed by atoms with van der Waals surface area (Å²) in [5, 5.41) is 2.54. The molecule has 36 heavy (non-hydrogen) atoms. The largest absolute Gasteiger partial charge is 0.490 e. The van der Waals surface area contributed by atoms with E-state index in [1.165, 1.54) is 32.4 Å². The summed E-state index contributed by atoms with van der Waals surface area (Å²) in [7, 11) is 2.48. The van der Waals surface area contributed by atoms with Crippen molar-refractivity contribution in [2.75, 3.05) is 27.4 Å². The zero-order valence-corrected chi connectivity index (χ0v) is 20.1. The third-order valence-corrected chi connectivity index (χ3v) is 5.02. The first-order chi connectivity index (χ1) is 17.3. The van der Waals surface area contributed by atoms with Crippen LogP contribution in [0.1, 0.15) is 34.4 Å². The molecule has 1 fully saturated rings. The summed E-state index contributed by atoms with van der Waals surface area (Å²) in [6, 6.07) is 5.61. The number of urea groups is 1. The highest BCUT2D eigenvalue weighted by atomic mass is 16.6. The Morgan fingerprint density at radius 3 is 2.58 bits per heavy atom. The highest BCUT2D eigenvalue weighted by Gasteiger charge is 2.34. The molecule has 0 atom stereocenters. The summed E-state index contributed by atoms with van der Waals surface area (Å²) in [6.45, 7) is 5.38. The Balaban J connectivity index is 1.88. The van der Waals surface area contributed by atoms with Crippen LogP contribution in [0.2, 0.25) is 0 Å². The van der Waals surface area contributed by atoms with Crippen LogP contribution in [0.15, 0.2) is 47.0 Å². The summed E-state index contributed by atoms with van der Waals surface area (Å²) in [5.74, 6) is -0.896. The van der Waals surface area contributed by atoms with Crippen molar-refractivity contribution in [1.82, 2.24) is 10.2 Å². The number of ether oxygens (including phenoxy) is 4. The molecule has 1 aromatic heterocycles. The Morgan fingerprint density at radius 1 is 1.14 bits per heavy atom. The zero-order chi connectivity index (χ0) is 26.2. The van der Waals surface area contributed by atoms with E-state index in [2.05, 4.69) is 21.4 Å². The van der Waals surface area contributed by atoms with Crippen molar-refractivity contribution in [2.24, 2.45) is 0 Å². The fourth-order valence-corrected chi connectivity index (χ4v) is 3.40. The van der Waals surface area contributed by atoms with Gasteiger partial charge in [0.2, 0.25) is 5.76 Å². The number of benzene rings is 1. The molecule has 0 radical (unpaired) electrons. The number of carbonyl (C=O) groups excluding carboxylic acids is 4. The van der Waals surface area contributed by atoms with Gasteiger partial charge in [0.25, 0.3) is 5.91 Å². The lowest BCUT2D eigenvalue weighted by Gasteiger charge is -2.16. The first-order valence-electron chi connectivity index (χ1n) is 10.9. The fraction of sp³-hybridized carbons (Fsp3) is 0.280. The van der Waals surface area contributed by atoms with Gasteiger partial charge < -0.3 is 28.7 Å². The number of hydrogen-bond donors (Lipinski definition) is 1. The van der Waals surface area contributed by atoms with Crippen LogP contribution in [-0.4, -0.2) is 56.2 Å². The average molecular weight is 498 g/mol. The quantitative estimate of drug-likeness (QED) is 0.215. The predicted octanol–water partition coefficient (Wildman–Crippen LogP) is 2.84. The van der Waals surface area contributed by atoms with Gasteiger partial charge >= 0.3 is 18.0 Å². The minimum Gasteiger partial charge on any atom is -0.490 e. The van der Waals surface area contributed by atoms with Crippen molar-refractivity contribution in [3.05, 3.63) is 65.3 Å². The second kappa shape index (κ2) is 11.7. The standard InChI is InChI=1S/C25H26N2O9/c1-5-7-16-10-15(12-20(34-6-2)22(16)35-14-21(28)32-3)11-18-23(29)27(25(31)26-18)13-17-8-9-19(36-17)24(30)33-4/h5,8-12H,1,6-7,13-14H2,2-4H3,(H,26,31)/b18-11-.